The van der Waals surface area contributed by atoms with Gasteiger partial charge in [0.1, 0.15) is 5.75 Å². The van der Waals surface area contributed by atoms with Crippen LogP contribution in [0.25, 0.3) is 0 Å². The van der Waals surface area contributed by atoms with Crippen LogP contribution in [0.2, 0.25) is 0 Å². The summed E-state index contributed by atoms with van der Waals surface area (Å²) in [5.41, 5.74) is 0.398. The smallest absolute Gasteiger partial charge is 0.252 e. The third kappa shape index (κ3) is 3.43. The lowest BCUT2D eigenvalue weighted by Crippen LogP contribution is -1.99. The zero-order chi connectivity index (χ0) is 9.84. The summed E-state index contributed by atoms with van der Waals surface area (Å²) in [6, 6.07) is 6.18. The molecule has 0 fully saturated rings. The highest BCUT2D eigenvalue weighted by atomic mass is 35.5. The second kappa shape index (κ2) is 4.70. The van der Waals surface area contributed by atoms with Gasteiger partial charge in [0, 0.05) is 5.56 Å². The number of hydrogen-bond acceptors (Lipinski definition) is 2. The maximum atomic E-state index is 10.7. The molecule has 1 aromatic carbocycles. The van der Waals surface area contributed by atoms with Crippen molar-refractivity contribution in [2.24, 2.45) is 0 Å². The minimum atomic E-state index is -0.919. The molecular formula is C8H5Cl3O2. The van der Waals surface area contributed by atoms with E-state index in [1.54, 1.807) is 12.1 Å². The number of benzene rings is 1. The Morgan fingerprint density at radius 2 is 1.77 bits per heavy atom. The number of halogens is 3. The molecule has 0 heterocycles. The van der Waals surface area contributed by atoms with Crippen LogP contribution in [-0.2, 0) is 0 Å². The topological polar surface area (TPSA) is 26.3 Å². The molecule has 0 aliphatic rings. The minimum Gasteiger partial charge on any atom is -0.461 e. The first kappa shape index (κ1) is 10.6. The molecule has 70 valence electrons. The Morgan fingerprint density at radius 3 is 2.15 bits per heavy atom. The summed E-state index contributed by atoms with van der Waals surface area (Å²) in [4.78, 5) is 10.7. The van der Waals surface area contributed by atoms with Crippen molar-refractivity contribution >= 4 is 40.0 Å². The Morgan fingerprint density at radius 1 is 1.23 bits per heavy atom. The molecule has 0 bridgehead atoms. The van der Waals surface area contributed by atoms with Gasteiger partial charge in [0.25, 0.3) is 5.24 Å². The highest BCUT2D eigenvalue weighted by Crippen LogP contribution is 2.17. The molecule has 2 nitrogen and oxygen atoms in total. The van der Waals surface area contributed by atoms with E-state index in [9.17, 15) is 4.79 Å². The van der Waals surface area contributed by atoms with Gasteiger partial charge in [-0.3, -0.25) is 4.79 Å². The van der Waals surface area contributed by atoms with Crippen LogP contribution in [0.3, 0.4) is 0 Å². The number of ether oxygens (including phenoxy) is 1. The van der Waals surface area contributed by atoms with Gasteiger partial charge < -0.3 is 4.74 Å². The van der Waals surface area contributed by atoms with Crippen LogP contribution in [0.15, 0.2) is 24.3 Å². The molecule has 0 unspecified atom stereocenters. The molecule has 0 aromatic heterocycles. The zero-order valence-corrected chi connectivity index (χ0v) is 8.60. The van der Waals surface area contributed by atoms with E-state index in [-0.39, 0.29) is 0 Å². The number of carbonyl (C=O) groups excluding carboxylic acids is 1. The van der Waals surface area contributed by atoms with Gasteiger partial charge in [-0.15, -0.1) is 0 Å². The third-order valence-corrected chi connectivity index (χ3v) is 1.70. The van der Waals surface area contributed by atoms with Crippen molar-refractivity contribution in [1.82, 2.24) is 0 Å². The van der Waals surface area contributed by atoms with E-state index in [2.05, 4.69) is 0 Å². The Hall–Kier alpha value is -0.440. The lowest BCUT2D eigenvalue weighted by molar-refractivity contribution is 0.108. The standard InChI is InChI=1S/C8H5Cl3O2/c9-7(12)5-1-3-6(4-2-5)13-8(10)11/h1-4,8H. The van der Waals surface area contributed by atoms with E-state index in [1.165, 1.54) is 12.1 Å². The quantitative estimate of drug-likeness (QED) is 0.598. The van der Waals surface area contributed by atoms with Crippen molar-refractivity contribution < 1.29 is 9.53 Å². The average Bonchev–Trinajstić information content (AvgIpc) is 2.04. The van der Waals surface area contributed by atoms with Crippen molar-refractivity contribution in [3.05, 3.63) is 29.8 Å². The van der Waals surface area contributed by atoms with Gasteiger partial charge in [-0.1, -0.05) is 23.2 Å². The Kier molecular flexibility index (Phi) is 3.85. The number of rotatable bonds is 3. The first-order valence-corrected chi connectivity index (χ1v) is 4.59. The molecular weight excluding hydrogens is 234 g/mol. The van der Waals surface area contributed by atoms with Crippen molar-refractivity contribution in [3.8, 4) is 5.75 Å². The molecule has 0 spiro atoms. The van der Waals surface area contributed by atoms with E-state index in [0.29, 0.717) is 11.3 Å². The highest BCUT2D eigenvalue weighted by molar-refractivity contribution is 6.67. The number of carbonyl (C=O) groups is 1. The van der Waals surface area contributed by atoms with Gasteiger partial charge in [-0.05, 0) is 35.9 Å². The second-order valence-electron chi connectivity index (χ2n) is 2.18. The van der Waals surface area contributed by atoms with Gasteiger partial charge in [0.05, 0.1) is 0 Å². The van der Waals surface area contributed by atoms with Crippen LogP contribution >= 0.6 is 34.8 Å². The molecule has 0 amide bonds. The lowest BCUT2D eigenvalue weighted by atomic mass is 10.2. The monoisotopic (exact) mass is 238 g/mol. The van der Waals surface area contributed by atoms with Gasteiger partial charge >= 0.3 is 0 Å². The minimum absolute atomic E-state index is 0.398. The first-order chi connectivity index (χ1) is 6.09. The van der Waals surface area contributed by atoms with Crippen molar-refractivity contribution in [2.45, 2.75) is 5.02 Å². The summed E-state index contributed by atoms with van der Waals surface area (Å²) in [5.74, 6) is 0.483. The van der Waals surface area contributed by atoms with Crippen LogP contribution in [0.1, 0.15) is 10.4 Å². The van der Waals surface area contributed by atoms with Crippen LogP contribution in [0, 0.1) is 0 Å². The maximum Gasteiger partial charge on any atom is 0.252 e. The van der Waals surface area contributed by atoms with Crippen molar-refractivity contribution in [3.63, 3.8) is 0 Å². The molecule has 0 N–H and O–H groups in total. The molecule has 1 rings (SSSR count). The summed E-state index contributed by atoms with van der Waals surface area (Å²) in [6.07, 6.45) is 0. The van der Waals surface area contributed by atoms with Gasteiger partial charge in [-0.2, -0.15) is 0 Å². The summed E-state index contributed by atoms with van der Waals surface area (Å²) in [6.45, 7) is 0. The summed E-state index contributed by atoms with van der Waals surface area (Å²) >= 11 is 16.0. The molecule has 0 saturated carbocycles. The Balaban J connectivity index is 2.75. The van der Waals surface area contributed by atoms with E-state index in [0.717, 1.165) is 0 Å². The maximum absolute atomic E-state index is 10.7. The SMILES string of the molecule is O=C(Cl)c1ccc(OC(Cl)Cl)cc1. The Bertz CT molecular complexity index is 295. The predicted molar refractivity (Wildman–Crippen MR) is 52.7 cm³/mol. The molecule has 0 aliphatic carbocycles. The molecule has 5 heteroatoms. The van der Waals surface area contributed by atoms with Gasteiger partial charge in [0.15, 0.2) is 0 Å². The van der Waals surface area contributed by atoms with Crippen molar-refractivity contribution in [2.75, 3.05) is 0 Å². The number of alkyl halides is 2. The fourth-order valence-corrected chi connectivity index (χ4v) is 1.10. The van der Waals surface area contributed by atoms with E-state index < -0.39 is 10.3 Å². The molecule has 0 atom stereocenters. The Labute approximate surface area is 90.3 Å². The molecule has 0 aliphatic heterocycles. The molecule has 1 aromatic rings. The van der Waals surface area contributed by atoms with Crippen molar-refractivity contribution in [1.29, 1.82) is 0 Å². The fraction of sp³-hybridized carbons (Fsp3) is 0.125. The fourth-order valence-electron chi connectivity index (χ4n) is 0.767. The predicted octanol–water partition coefficient (Wildman–Crippen LogP) is 3.21. The number of hydrogen-bond donors (Lipinski definition) is 0. The summed E-state index contributed by atoms with van der Waals surface area (Å²) in [5, 5.41) is -1.43. The van der Waals surface area contributed by atoms with Crippen LogP contribution in [-0.4, -0.2) is 10.3 Å². The molecule has 0 radical (unpaired) electrons. The summed E-state index contributed by atoms with van der Waals surface area (Å²) < 4.78 is 4.93. The van der Waals surface area contributed by atoms with E-state index in [4.69, 9.17) is 39.5 Å². The largest absolute Gasteiger partial charge is 0.461 e. The first-order valence-electron chi connectivity index (χ1n) is 3.34. The summed E-state index contributed by atoms with van der Waals surface area (Å²) in [7, 11) is 0. The lowest BCUT2D eigenvalue weighted by Gasteiger charge is -2.05. The van der Waals surface area contributed by atoms with E-state index >= 15 is 0 Å². The third-order valence-electron chi connectivity index (χ3n) is 1.31. The van der Waals surface area contributed by atoms with Crippen LogP contribution in [0.5, 0.6) is 5.75 Å². The zero-order valence-electron chi connectivity index (χ0n) is 6.34. The van der Waals surface area contributed by atoms with Gasteiger partial charge in [-0.25, -0.2) is 0 Å². The van der Waals surface area contributed by atoms with Gasteiger partial charge in [0.2, 0.25) is 5.02 Å². The van der Waals surface area contributed by atoms with E-state index in [1.807, 2.05) is 0 Å². The average molecular weight is 239 g/mol. The molecule has 0 saturated heterocycles. The normalized spacial score (nSPS) is 10.2. The highest BCUT2D eigenvalue weighted by Gasteiger charge is 2.03. The molecule has 13 heavy (non-hydrogen) atoms. The second-order valence-corrected chi connectivity index (χ2v) is 3.54. The van der Waals surface area contributed by atoms with Crippen LogP contribution < -0.4 is 4.74 Å². The van der Waals surface area contributed by atoms with Crippen LogP contribution in [0.4, 0.5) is 0 Å².